The first-order valence-corrected chi connectivity index (χ1v) is 12.3. The first-order chi connectivity index (χ1) is 14.4. The van der Waals surface area contributed by atoms with Crippen molar-refractivity contribution in [3.8, 4) is 0 Å². The van der Waals surface area contributed by atoms with E-state index in [1.807, 2.05) is 0 Å². The van der Waals surface area contributed by atoms with Crippen molar-refractivity contribution in [2.75, 3.05) is 11.3 Å². The van der Waals surface area contributed by atoms with Crippen LogP contribution < -0.4 is 4.72 Å². The minimum absolute atomic E-state index is 0.0917. The number of nitrogens with zero attached hydrogens (tertiary/aromatic N) is 1. The van der Waals surface area contributed by atoms with Gasteiger partial charge in [0.05, 0.1) is 22.0 Å². The molecule has 0 fully saturated rings. The lowest BCUT2D eigenvalue weighted by molar-refractivity contribution is -0.385. The molecule has 10 heteroatoms. The van der Waals surface area contributed by atoms with E-state index in [0.29, 0.717) is 12.3 Å². The number of benzene rings is 1. The number of ether oxygens (including phenoxy) is 1. The lowest BCUT2D eigenvalue weighted by atomic mass is 9.72. The van der Waals surface area contributed by atoms with Crippen LogP contribution in [0, 0.1) is 21.4 Å². The molecule has 1 aliphatic carbocycles. The smallest absolute Gasteiger partial charge is 0.341 e. The van der Waals surface area contributed by atoms with Crippen molar-refractivity contribution in [2.24, 2.45) is 11.3 Å². The van der Waals surface area contributed by atoms with Crippen LogP contribution in [0.3, 0.4) is 0 Å². The second kappa shape index (κ2) is 8.58. The van der Waals surface area contributed by atoms with Crippen LogP contribution in [0.2, 0.25) is 0 Å². The van der Waals surface area contributed by atoms with Gasteiger partial charge in [-0.25, -0.2) is 13.2 Å². The predicted molar refractivity (Wildman–Crippen MR) is 119 cm³/mol. The lowest BCUT2D eigenvalue weighted by Crippen LogP contribution is -2.26. The fourth-order valence-corrected chi connectivity index (χ4v) is 6.42. The Balaban J connectivity index is 2.02. The third kappa shape index (κ3) is 4.90. The van der Waals surface area contributed by atoms with Gasteiger partial charge in [-0.3, -0.25) is 14.8 Å². The topological polar surface area (TPSA) is 116 Å². The summed E-state index contributed by atoms with van der Waals surface area (Å²) in [5.41, 5.74) is 0.852. The van der Waals surface area contributed by atoms with E-state index in [2.05, 4.69) is 25.5 Å². The Hall–Kier alpha value is -2.46. The van der Waals surface area contributed by atoms with Crippen molar-refractivity contribution in [1.29, 1.82) is 0 Å². The van der Waals surface area contributed by atoms with Crippen molar-refractivity contribution in [2.45, 2.75) is 51.9 Å². The minimum Gasteiger partial charge on any atom is -0.462 e. The zero-order chi connectivity index (χ0) is 23.0. The van der Waals surface area contributed by atoms with E-state index >= 15 is 0 Å². The van der Waals surface area contributed by atoms with Crippen molar-refractivity contribution >= 4 is 38.0 Å². The Morgan fingerprint density at radius 3 is 2.68 bits per heavy atom. The predicted octanol–water partition coefficient (Wildman–Crippen LogP) is 4.78. The SMILES string of the molecule is CCOC(=O)c1c(NS(=O)(=O)c2cccc([N+](=O)[O-])c2)sc2c1CCC(C(C)(C)C)C2. The number of hydrogen-bond donors (Lipinski definition) is 1. The molecule has 1 aromatic carbocycles. The highest BCUT2D eigenvalue weighted by Crippen LogP contribution is 2.45. The summed E-state index contributed by atoms with van der Waals surface area (Å²) in [4.78, 5) is 23.8. The quantitative estimate of drug-likeness (QED) is 0.372. The summed E-state index contributed by atoms with van der Waals surface area (Å²) in [7, 11) is -4.13. The first-order valence-electron chi connectivity index (χ1n) is 10.0. The number of carbonyl (C=O) groups excluding carboxylic acids is 1. The maximum Gasteiger partial charge on any atom is 0.341 e. The molecule has 0 saturated carbocycles. The highest BCUT2D eigenvalue weighted by atomic mass is 32.2. The van der Waals surface area contributed by atoms with Crippen molar-refractivity contribution in [3.05, 3.63) is 50.4 Å². The maximum absolute atomic E-state index is 13.0. The fourth-order valence-electron chi connectivity index (χ4n) is 3.76. The second-order valence-corrected chi connectivity index (χ2v) is 11.4. The molecule has 1 atom stereocenters. The Morgan fingerprint density at radius 2 is 2.06 bits per heavy atom. The standard InChI is InChI=1S/C21H26N2O6S2/c1-5-29-20(24)18-16-10-9-13(21(2,3)4)11-17(16)30-19(18)22-31(27,28)15-8-6-7-14(12-15)23(25)26/h6-8,12-13,22H,5,9-11H2,1-4H3. The first kappa shape index (κ1) is 23.2. The number of fused-ring (bicyclic) bond motifs is 1. The summed E-state index contributed by atoms with van der Waals surface area (Å²) in [6, 6.07) is 4.81. The second-order valence-electron chi connectivity index (χ2n) is 8.59. The number of sulfonamides is 1. The third-order valence-electron chi connectivity index (χ3n) is 5.54. The number of hydrogen-bond acceptors (Lipinski definition) is 7. The van der Waals surface area contributed by atoms with Gasteiger partial charge < -0.3 is 4.74 Å². The van der Waals surface area contributed by atoms with Crippen LogP contribution in [-0.2, 0) is 27.6 Å². The Kier molecular flexibility index (Phi) is 6.43. The molecular weight excluding hydrogens is 440 g/mol. The monoisotopic (exact) mass is 466 g/mol. The van der Waals surface area contributed by atoms with Crippen LogP contribution in [0.1, 0.15) is 54.9 Å². The van der Waals surface area contributed by atoms with Crippen molar-refractivity contribution in [1.82, 2.24) is 0 Å². The van der Waals surface area contributed by atoms with Crippen LogP contribution in [0.25, 0.3) is 0 Å². The molecule has 1 N–H and O–H groups in total. The lowest BCUT2D eigenvalue weighted by Gasteiger charge is -2.33. The van der Waals surface area contributed by atoms with E-state index in [1.54, 1.807) is 6.92 Å². The van der Waals surface area contributed by atoms with Gasteiger partial charge in [0.15, 0.2) is 0 Å². The van der Waals surface area contributed by atoms with Crippen LogP contribution in [0.5, 0.6) is 0 Å². The number of esters is 1. The molecule has 1 aromatic heterocycles. The number of non-ortho nitro benzene ring substituents is 1. The van der Waals surface area contributed by atoms with E-state index in [9.17, 15) is 23.3 Å². The molecule has 1 aliphatic rings. The summed E-state index contributed by atoms with van der Waals surface area (Å²) < 4.78 is 33.6. The molecule has 0 bridgehead atoms. The number of thiophene rings is 1. The third-order valence-corrected chi connectivity index (χ3v) is 8.18. The number of nitrogens with one attached hydrogen (secondary N) is 1. The van der Waals surface area contributed by atoms with Crippen LogP contribution in [0.4, 0.5) is 10.7 Å². The summed E-state index contributed by atoms with van der Waals surface area (Å²) in [5.74, 6) is -0.152. The summed E-state index contributed by atoms with van der Waals surface area (Å²) in [6.45, 7) is 8.39. The largest absolute Gasteiger partial charge is 0.462 e. The fraction of sp³-hybridized carbons (Fsp3) is 0.476. The summed E-state index contributed by atoms with van der Waals surface area (Å²) in [6.07, 6.45) is 2.33. The molecule has 0 saturated heterocycles. The average Bonchev–Trinajstić information content (AvgIpc) is 3.03. The Morgan fingerprint density at radius 1 is 1.35 bits per heavy atom. The molecule has 1 heterocycles. The molecule has 2 aromatic rings. The molecule has 0 amide bonds. The molecule has 0 spiro atoms. The summed E-state index contributed by atoms with van der Waals surface area (Å²) in [5, 5.41) is 11.2. The van der Waals surface area contributed by atoms with E-state index in [1.165, 1.54) is 29.5 Å². The zero-order valence-electron chi connectivity index (χ0n) is 17.9. The molecule has 3 rings (SSSR count). The van der Waals surface area contributed by atoms with E-state index < -0.39 is 20.9 Å². The number of anilines is 1. The average molecular weight is 467 g/mol. The molecule has 168 valence electrons. The molecule has 8 nitrogen and oxygen atoms in total. The molecular formula is C21H26N2O6S2. The van der Waals surface area contributed by atoms with E-state index in [0.717, 1.165) is 29.3 Å². The zero-order valence-corrected chi connectivity index (χ0v) is 19.6. The van der Waals surface area contributed by atoms with Crippen LogP contribution in [-0.4, -0.2) is 25.9 Å². The normalized spacial score (nSPS) is 16.5. The van der Waals surface area contributed by atoms with Gasteiger partial charge in [0.2, 0.25) is 0 Å². The highest BCUT2D eigenvalue weighted by Gasteiger charge is 2.35. The van der Waals surface area contributed by atoms with Gasteiger partial charge >= 0.3 is 5.97 Å². The van der Waals surface area contributed by atoms with Gasteiger partial charge in [-0.2, -0.15) is 0 Å². The van der Waals surface area contributed by atoms with Crippen molar-refractivity contribution < 1.29 is 22.9 Å². The van der Waals surface area contributed by atoms with Gasteiger partial charge in [0, 0.05) is 17.0 Å². The Bertz CT molecular complexity index is 1120. The molecule has 1 unspecified atom stereocenters. The van der Waals surface area contributed by atoms with Gasteiger partial charge in [-0.1, -0.05) is 26.8 Å². The number of rotatable bonds is 6. The van der Waals surface area contributed by atoms with Gasteiger partial charge in [-0.15, -0.1) is 11.3 Å². The van der Waals surface area contributed by atoms with E-state index in [-0.39, 0.29) is 33.2 Å². The van der Waals surface area contributed by atoms with Crippen LogP contribution in [0.15, 0.2) is 29.2 Å². The van der Waals surface area contributed by atoms with Gasteiger partial charge in [0.25, 0.3) is 15.7 Å². The maximum atomic E-state index is 13.0. The van der Waals surface area contributed by atoms with Crippen molar-refractivity contribution in [3.63, 3.8) is 0 Å². The van der Waals surface area contributed by atoms with Gasteiger partial charge in [-0.05, 0) is 49.1 Å². The molecule has 31 heavy (non-hydrogen) atoms. The number of nitro groups is 1. The number of nitro benzene ring substituents is 1. The minimum atomic E-state index is -4.13. The van der Waals surface area contributed by atoms with Gasteiger partial charge in [0.1, 0.15) is 5.00 Å². The van der Waals surface area contributed by atoms with Crippen LogP contribution >= 0.6 is 11.3 Å². The molecule has 0 radical (unpaired) electrons. The summed E-state index contributed by atoms with van der Waals surface area (Å²) >= 11 is 1.24. The molecule has 0 aliphatic heterocycles. The van der Waals surface area contributed by atoms with E-state index in [4.69, 9.17) is 4.74 Å². The number of carbonyl (C=O) groups is 1. The highest BCUT2D eigenvalue weighted by molar-refractivity contribution is 7.93. The Labute approximate surface area is 185 Å².